The first-order valence-corrected chi connectivity index (χ1v) is 23.1. The molecule has 73 heavy (non-hydrogen) atoms. The monoisotopic (exact) mass is 1070 g/mol. The number of nitrogens with two attached hydrogens (primary N) is 6. The summed E-state index contributed by atoms with van der Waals surface area (Å²) in [6.45, 7) is 1.69. The van der Waals surface area contributed by atoms with E-state index in [-0.39, 0.29) is 30.6 Å². The first kappa shape index (κ1) is 70.8. The Balaban J connectivity index is -0.000000795. The van der Waals surface area contributed by atoms with Crippen LogP contribution in [0.5, 0.6) is 5.75 Å². The van der Waals surface area contributed by atoms with E-state index in [1.807, 2.05) is 67.0 Å². The molecule has 1 aliphatic heterocycles. The van der Waals surface area contributed by atoms with Gasteiger partial charge in [-0.25, -0.2) is 0 Å². The van der Waals surface area contributed by atoms with Crippen molar-refractivity contribution in [2.24, 2.45) is 34.4 Å². The number of halogens is 1. The molecule has 1 aliphatic rings. The Hall–Kier alpha value is -6.43. The minimum atomic E-state index is -1.18. The first-order chi connectivity index (χ1) is 33.7. The topological polar surface area (TPSA) is 506 Å². The highest BCUT2D eigenvalue weighted by molar-refractivity contribution is 7.98. The van der Waals surface area contributed by atoms with E-state index in [1.54, 1.807) is 23.9 Å². The van der Waals surface area contributed by atoms with Gasteiger partial charge in [0.1, 0.15) is 48.0 Å². The van der Waals surface area contributed by atoms with Crippen molar-refractivity contribution < 1.29 is 84.6 Å². The highest BCUT2D eigenvalue weighted by Crippen LogP contribution is 2.18. The maximum absolute atomic E-state index is 10.6. The summed E-state index contributed by atoms with van der Waals surface area (Å²) >= 11 is 1.60. The fraction of sp³-hybridized carbons (Fsp3) is 0.413. The van der Waals surface area contributed by atoms with Gasteiger partial charge in [0.15, 0.2) is 0 Å². The van der Waals surface area contributed by atoms with Crippen molar-refractivity contribution >= 4 is 76.9 Å². The molecule has 1 fully saturated rings. The van der Waals surface area contributed by atoms with E-state index < -0.39 is 90.7 Å². The molecular weight excluding hydrogens is 1000 g/mol. The van der Waals surface area contributed by atoms with E-state index in [0.29, 0.717) is 19.3 Å². The van der Waals surface area contributed by atoms with Gasteiger partial charge in [0.2, 0.25) is 0 Å². The molecule has 0 bridgehead atoms. The van der Waals surface area contributed by atoms with Gasteiger partial charge in [-0.05, 0) is 92.5 Å². The van der Waals surface area contributed by atoms with Crippen LogP contribution in [0.1, 0.15) is 42.9 Å². The van der Waals surface area contributed by atoms with Crippen LogP contribution >= 0.6 is 24.2 Å². The number of carboxylic acid groups (broad SMARTS) is 7. The van der Waals surface area contributed by atoms with Crippen molar-refractivity contribution in [3.05, 3.63) is 102 Å². The zero-order valence-electron chi connectivity index (χ0n) is 40.2. The van der Waals surface area contributed by atoms with Crippen LogP contribution in [0.25, 0.3) is 10.9 Å². The number of aromatic amines is 1. The van der Waals surface area contributed by atoms with Gasteiger partial charge < -0.3 is 95.8 Å². The Kier molecular flexibility index (Phi) is 38.9. The molecule has 0 unspecified atom stereocenters. The number of aliphatic hydroxyl groups excluding tert-OH is 2. The number of para-hydroxylation sites is 1. The summed E-state index contributed by atoms with van der Waals surface area (Å²) < 4.78 is 0. The van der Waals surface area contributed by atoms with E-state index in [2.05, 4.69) is 10.3 Å². The highest BCUT2D eigenvalue weighted by Gasteiger charge is 2.20. The summed E-state index contributed by atoms with van der Waals surface area (Å²) in [5, 5.41) is 87.7. The minimum absolute atomic E-state index is 0. The molecule has 24 N–H and O–H groups in total. The van der Waals surface area contributed by atoms with Crippen LogP contribution in [0.15, 0.2) is 85.1 Å². The molecular formula is C46H71ClN8O17S. The molecule has 5 rings (SSSR count). The van der Waals surface area contributed by atoms with Crippen molar-refractivity contribution in [2.75, 3.05) is 25.2 Å². The summed E-state index contributed by atoms with van der Waals surface area (Å²) in [5.74, 6) is -5.97. The maximum Gasteiger partial charge on any atom is 0.323 e. The summed E-state index contributed by atoms with van der Waals surface area (Å²) in [4.78, 5) is 74.2. The second-order valence-corrected chi connectivity index (χ2v) is 16.4. The number of thioether (sulfide) groups is 1. The van der Waals surface area contributed by atoms with E-state index in [0.717, 1.165) is 52.7 Å². The molecule has 0 spiro atoms. The Morgan fingerprint density at radius 3 is 1.44 bits per heavy atom. The smallest absolute Gasteiger partial charge is 0.323 e. The molecule has 25 nitrogen and oxygen atoms in total. The number of hydrogen-bond donors (Lipinski definition) is 18. The maximum atomic E-state index is 10.6. The molecule has 0 amide bonds. The van der Waals surface area contributed by atoms with Crippen LogP contribution < -0.4 is 39.7 Å². The van der Waals surface area contributed by atoms with Crippen LogP contribution in [-0.4, -0.2) is 171 Å². The van der Waals surface area contributed by atoms with E-state index in [1.165, 1.54) is 19.1 Å². The minimum Gasteiger partial charge on any atom is -0.508 e. The number of fused-ring (bicyclic) bond motifs is 1. The van der Waals surface area contributed by atoms with Gasteiger partial charge in [0.05, 0.1) is 12.7 Å². The standard InChI is InChI=1S/C11H12N2O2.C9H11NO3.C9H11NO2.C5H11NO2S.C5H9NO2.C4H9NO3.C3H7NO3.ClH/c12-9(11(14)15)5-7-6-13-10-4-2-1-3-8(7)10;10-8(9(12)13)5-6-1-3-7(11)4-2-6;10-8(9(11)12)6-7-4-2-1-3-5-7;1-9-3-2-4(6)5(7)8;7-5(8)4-2-1-3-6-4;1-2(6)3(5)4(7)8;4-2(1-5)3(6)7;/h1-4,6,9,13H,5,12H2,(H,14,15);1-4,8,11H,5,10H2,(H,12,13);1-5,8H,6,10H2,(H,11,12);4H,2-3,6H2,1H3,(H,7,8);4,6H,1-3H2,(H,7,8);2-3,6H,5H2,1H3,(H,7,8);2,5H,1,4H2,(H,6,7);1H/t9-;2*8-;2*4-;2-,3+;2-;/m0000010./s1. The number of carboxylic acids is 7. The summed E-state index contributed by atoms with van der Waals surface area (Å²) in [6.07, 6.45) is 6.10. The lowest BCUT2D eigenvalue weighted by Crippen LogP contribution is -2.39. The number of rotatable bonds is 18. The lowest BCUT2D eigenvalue weighted by molar-refractivity contribution is -0.141. The van der Waals surface area contributed by atoms with Gasteiger partial charge in [0, 0.05) is 23.5 Å². The number of H-pyrrole nitrogens is 1. The molecule has 0 aliphatic carbocycles. The van der Waals surface area contributed by atoms with Crippen molar-refractivity contribution in [3.63, 3.8) is 0 Å². The van der Waals surface area contributed by atoms with Gasteiger partial charge in [-0.2, -0.15) is 11.8 Å². The lowest BCUT2D eigenvalue weighted by atomic mass is 10.1. The molecule has 8 atom stereocenters. The largest absolute Gasteiger partial charge is 0.508 e. The van der Waals surface area contributed by atoms with Crippen LogP contribution in [0.2, 0.25) is 0 Å². The van der Waals surface area contributed by atoms with Gasteiger partial charge in [-0.15, -0.1) is 12.4 Å². The van der Waals surface area contributed by atoms with Gasteiger partial charge >= 0.3 is 41.8 Å². The van der Waals surface area contributed by atoms with Crippen molar-refractivity contribution in [3.8, 4) is 5.75 Å². The summed E-state index contributed by atoms with van der Waals surface area (Å²) in [5.41, 5.74) is 34.7. The van der Waals surface area contributed by atoms with Crippen molar-refractivity contribution in [1.29, 1.82) is 0 Å². The zero-order valence-corrected chi connectivity index (χ0v) is 41.8. The third-order valence-electron chi connectivity index (χ3n) is 9.38. The third kappa shape index (κ3) is 33.8. The lowest BCUT2D eigenvalue weighted by Gasteiger charge is -2.06. The number of aliphatic carboxylic acids is 7. The average molecular weight is 1080 g/mol. The molecule has 4 aromatic rings. The summed E-state index contributed by atoms with van der Waals surface area (Å²) in [6, 6.07) is 17.6. The van der Waals surface area contributed by atoms with Crippen LogP contribution in [0.3, 0.4) is 0 Å². The number of aromatic nitrogens is 1. The summed E-state index contributed by atoms with van der Waals surface area (Å²) in [7, 11) is 0. The predicted molar refractivity (Wildman–Crippen MR) is 275 cm³/mol. The van der Waals surface area contributed by atoms with E-state index >= 15 is 0 Å². The number of nitrogens with one attached hydrogen (secondary N) is 2. The number of hydrogen-bond acceptors (Lipinski definition) is 18. The number of carbonyl (C=O) groups is 7. The number of aromatic hydroxyl groups is 1. The Morgan fingerprint density at radius 1 is 0.630 bits per heavy atom. The molecule has 27 heteroatoms. The van der Waals surface area contributed by atoms with E-state index in [9.17, 15) is 33.6 Å². The fourth-order valence-electron chi connectivity index (χ4n) is 5.10. The SMILES string of the molecule is CSCC[C@H](N)C(=O)O.C[C@@H](O)[C@H](N)C(=O)O.Cl.N[C@@H](CO)C(=O)O.N[C@@H](Cc1c[nH]c2ccccc12)C(=O)O.N[C@@H](Cc1ccc(O)cc1)C(=O)O.N[C@@H](Cc1ccccc1)C(=O)O.O=C(O)[C@@H]1CCCN1. The molecule has 0 radical (unpaired) electrons. The second kappa shape index (κ2) is 40.1. The molecule has 0 saturated carbocycles. The number of phenolic OH excluding ortho intramolecular Hbond substituents is 1. The van der Waals surface area contributed by atoms with Crippen LogP contribution in [-0.2, 0) is 52.8 Å². The van der Waals surface area contributed by atoms with Crippen LogP contribution in [0.4, 0.5) is 0 Å². The van der Waals surface area contributed by atoms with Crippen molar-refractivity contribution in [2.45, 2.75) is 93.8 Å². The average Bonchev–Trinajstić information content (AvgIpc) is 4.04. The molecule has 410 valence electrons. The Bertz CT molecular complexity index is 2190. The normalized spacial score (nSPS) is 14.8. The molecule has 1 saturated heterocycles. The number of phenols is 1. The van der Waals surface area contributed by atoms with Gasteiger partial charge in [0.25, 0.3) is 0 Å². The third-order valence-corrected chi connectivity index (χ3v) is 10.0. The van der Waals surface area contributed by atoms with E-state index in [4.69, 9.17) is 85.5 Å². The van der Waals surface area contributed by atoms with Gasteiger partial charge in [-0.1, -0.05) is 60.7 Å². The fourth-order valence-corrected chi connectivity index (χ4v) is 5.59. The first-order valence-electron chi connectivity index (χ1n) is 21.7. The van der Waals surface area contributed by atoms with Crippen molar-refractivity contribution in [1.82, 2.24) is 10.3 Å². The number of benzene rings is 3. The quantitative estimate of drug-likeness (QED) is 0.0607. The second-order valence-electron chi connectivity index (χ2n) is 15.4. The molecule has 3 aromatic carbocycles. The molecule has 1 aromatic heterocycles. The predicted octanol–water partition coefficient (Wildman–Crippen LogP) is -0.324. The Labute approximate surface area is 431 Å². The zero-order chi connectivity index (χ0) is 55.5. The van der Waals surface area contributed by atoms with Crippen LogP contribution in [0, 0.1) is 0 Å². The number of aliphatic hydroxyl groups is 2. The highest BCUT2D eigenvalue weighted by atomic mass is 35.5. The Morgan fingerprint density at radius 2 is 1.08 bits per heavy atom. The van der Waals surface area contributed by atoms with Gasteiger partial charge in [-0.3, -0.25) is 33.6 Å². The molecule has 2 heterocycles.